The number of amidine groups is 2. The molecule has 1 saturated carbocycles. The molecule has 5 fully saturated rings. The standard InChI is InChI=1S/C15H25N3O3S.C11H18N2O3S/c19-12-10(8-16-9-4-1-2-5-9)21-14-11(13(12)20)17-15(22-14)18-6-3-7-18;1-2-6-8(14)9(15)7-10(16-6)17-11(12-7)13-4-3-5-13/h9-14,16,19-20H,1-8H2;6-10,14-15H,2-5H2,1H3/t10-,11-,12-,13-,14-;6-,7-,8-,9-,10-/m11/s1. The molecule has 0 bridgehead atoms. The van der Waals surface area contributed by atoms with E-state index in [0.717, 1.165) is 36.5 Å². The first-order valence-electron chi connectivity index (χ1n) is 14.7. The Morgan fingerprint density at radius 2 is 1.23 bits per heavy atom. The summed E-state index contributed by atoms with van der Waals surface area (Å²) in [6.07, 6.45) is 4.14. The molecular formula is C26H43N5O6S2. The van der Waals surface area contributed by atoms with Crippen LogP contribution in [0.2, 0.25) is 0 Å². The fraction of sp³-hybridized carbons (Fsp3) is 0.923. The third-order valence-electron chi connectivity index (χ3n) is 8.92. The fourth-order valence-corrected chi connectivity index (χ4v) is 8.64. The van der Waals surface area contributed by atoms with E-state index < -0.39 is 24.4 Å². The van der Waals surface area contributed by atoms with Crippen LogP contribution in [0.1, 0.15) is 51.9 Å². The van der Waals surface area contributed by atoms with E-state index in [1.165, 1.54) is 38.5 Å². The SMILES string of the molecule is CC[C@H]1O[C@@H]2SC(N3CCC3)=N[C@@H]2[C@@H](O)[C@@H]1O.O[C@H]1[C@H](O)[C@@H](CNC2CCCC2)O[C@@H]2SC(N3CCC3)=N[C@H]12. The molecule has 6 heterocycles. The summed E-state index contributed by atoms with van der Waals surface area (Å²) in [6.45, 7) is 6.72. The van der Waals surface area contributed by atoms with Crippen molar-refractivity contribution in [2.45, 2.75) is 117 Å². The number of likely N-dealkylation sites (tertiary alicyclic amines) is 2. The number of nitrogens with zero attached hydrogens (tertiary/aromatic N) is 4. The van der Waals surface area contributed by atoms with Crippen molar-refractivity contribution >= 4 is 33.9 Å². The summed E-state index contributed by atoms with van der Waals surface area (Å²) in [6, 6.07) is -0.110. The van der Waals surface area contributed by atoms with E-state index in [-0.39, 0.29) is 35.2 Å². The minimum atomic E-state index is -0.866. The molecule has 220 valence electrons. The van der Waals surface area contributed by atoms with Gasteiger partial charge in [-0.2, -0.15) is 0 Å². The number of thioether (sulfide) groups is 2. The van der Waals surface area contributed by atoms with Gasteiger partial charge in [-0.1, -0.05) is 43.3 Å². The van der Waals surface area contributed by atoms with Gasteiger partial charge in [0.05, 0.1) is 6.10 Å². The molecule has 7 rings (SSSR count). The number of nitrogens with one attached hydrogen (secondary N) is 1. The van der Waals surface area contributed by atoms with Gasteiger partial charge in [-0.15, -0.1) is 0 Å². The number of rotatable bonds is 4. The van der Waals surface area contributed by atoms with E-state index in [2.05, 4.69) is 25.1 Å². The molecule has 7 aliphatic rings. The van der Waals surface area contributed by atoms with Gasteiger partial charge in [0.2, 0.25) is 0 Å². The Morgan fingerprint density at radius 3 is 1.69 bits per heavy atom. The molecule has 0 aromatic carbocycles. The Kier molecular flexibility index (Phi) is 8.98. The quantitative estimate of drug-likeness (QED) is 0.308. The summed E-state index contributed by atoms with van der Waals surface area (Å²) >= 11 is 3.19. The monoisotopic (exact) mass is 585 g/mol. The van der Waals surface area contributed by atoms with Crippen molar-refractivity contribution in [3.63, 3.8) is 0 Å². The number of aliphatic hydroxyl groups is 4. The predicted molar refractivity (Wildman–Crippen MR) is 152 cm³/mol. The van der Waals surface area contributed by atoms with Crippen LogP contribution < -0.4 is 5.32 Å². The fourth-order valence-electron chi connectivity index (χ4n) is 6.07. The Hall–Kier alpha value is -0.640. The molecule has 4 saturated heterocycles. The van der Waals surface area contributed by atoms with E-state index >= 15 is 0 Å². The molecule has 0 radical (unpaired) electrons. The second kappa shape index (κ2) is 12.3. The second-order valence-electron chi connectivity index (χ2n) is 11.6. The topological polar surface area (TPSA) is 143 Å². The van der Waals surface area contributed by atoms with Crippen molar-refractivity contribution in [2.24, 2.45) is 9.98 Å². The van der Waals surface area contributed by atoms with Crippen LogP contribution in [-0.4, -0.2) is 139 Å². The highest BCUT2D eigenvalue weighted by atomic mass is 32.2. The second-order valence-corrected chi connectivity index (χ2v) is 13.7. The summed E-state index contributed by atoms with van der Waals surface area (Å²) in [7, 11) is 0. The van der Waals surface area contributed by atoms with Crippen LogP contribution in [0.15, 0.2) is 9.98 Å². The maximum Gasteiger partial charge on any atom is 0.162 e. The van der Waals surface area contributed by atoms with Crippen LogP contribution in [0, 0.1) is 0 Å². The number of aliphatic hydroxyl groups excluding tert-OH is 4. The van der Waals surface area contributed by atoms with E-state index in [1.54, 1.807) is 23.5 Å². The van der Waals surface area contributed by atoms with Gasteiger partial charge in [0.1, 0.15) is 53.5 Å². The summed E-state index contributed by atoms with van der Waals surface area (Å²) in [5.41, 5.74) is -0.293. The van der Waals surface area contributed by atoms with E-state index in [9.17, 15) is 20.4 Å². The van der Waals surface area contributed by atoms with Crippen molar-refractivity contribution in [3.8, 4) is 0 Å². The zero-order valence-corrected chi connectivity index (χ0v) is 24.2. The minimum Gasteiger partial charge on any atom is -0.388 e. The largest absolute Gasteiger partial charge is 0.388 e. The summed E-state index contributed by atoms with van der Waals surface area (Å²) in [5.74, 6) is 0. The normalized spacial score (nSPS) is 43.5. The highest BCUT2D eigenvalue weighted by Crippen LogP contribution is 2.40. The maximum atomic E-state index is 10.4. The van der Waals surface area contributed by atoms with Crippen LogP contribution >= 0.6 is 23.5 Å². The first-order valence-corrected chi connectivity index (χ1v) is 16.4. The van der Waals surface area contributed by atoms with Crippen molar-refractivity contribution in [3.05, 3.63) is 0 Å². The van der Waals surface area contributed by atoms with Gasteiger partial charge in [0, 0.05) is 38.8 Å². The summed E-state index contributed by atoms with van der Waals surface area (Å²) < 4.78 is 11.9. The first-order chi connectivity index (χ1) is 18.9. The van der Waals surface area contributed by atoms with Crippen molar-refractivity contribution in [1.29, 1.82) is 0 Å². The van der Waals surface area contributed by atoms with Gasteiger partial charge in [-0.3, -0.25) is 9.98 Å². The summed E-state index contributed by atoms with van der Waals surface area (Å²) in [4.78, 5) is 13.5. The van der Waals surface area contributed by atoms with Crippen LogP contribution in [0.5, 0.6) is 0 Å². The molecule has 39 heavy (non-hydrogen) atoms. The van der Waals surface area contributed by atoms with Crippen LogP contribution in [-0.2, 0) is 9.47 Å². The van der Waals surface area contributed by atoms with Gasteiger partial charge < -0.3 is 45.0 Å². The molecule has 0 unspecified atom stereocenters. The van der Waals surface area contributed by atoms with E-state index in [0.29, 0.717) is 19.0 Å². The zero-order chi connectivity index (χ0) is 27.1. The molecule has 1 aliphatic carbocycles. The Balaban J connectivity index is 0.000000147. The van der Waals surface area contributed by atoms with Crippen LogP contribution in [0.3, 0.4) is 0 Å². The first kappa shape index (κ1) is 28.5. The minimum absolute atomic E-state index is 0.131. The Morgan fingerprint density at radius 1 is 0.744 bits per heavy atom. The van der Waals surface area contributed by atoms with Crippen LogP contribution in [0.25, 0.3) is 0 Å². The van der Waals surface area contributed by atoms with Crippen LogP contribution in [0.4, 0.5) is 0 Å². The molecule has 0 aromatic rings. The summed E-state index contributed by atoms with van der Waals surface area (Å²) in [5, 5.41) is 46.2. The lowest BCUT2D eigenvalue weighted by atomic mass is 9.97. The number of hydrogen-bond acceptors (Lipinski definition) is 13. The molecule has 13 heteroatoms. The van der Waals surface area contributed by atoms with Crippen molar-refractivity contribution in [1.82, 2.24) is 15.1 Å². The lowest BCUT2D eigenvalue weighted by molar-refractivity contribution is -0.153. The average Bonchev–Trinajstić information content (AvgIpc) is 3.61. The molecule has 0 spiro atoms. The number of ether oxygens (including phenoxy) is 2. The molecule has 10 atom stereocenters. The predicted octanol–water partition coefficient (Wildman–Crippen LogP) is 0.163. The van der Waals surface area contributed by atoms with E-state index in [4.69, 9.17) is 9.47 Å². The number of hydrogen-bond donors (Lipinski definition) is 5. The Labute approximate surface area is 238 Å². The highest BCUT2D eigenvalue weighted by molar-refractivity contribution is 8.14. The lowest BCUT2D eigenvalue weighted by Crippen LogP contribution is -2.57. The average molecular weight is 586 g/mol. The van der Waals surface area contributed by atoms with Crippen molar-refractivity contribution in [2.75, 3.05) is 32.7 Å². The van der Waals surface area contributed by atoms with Crippen molar-refractivity contribution < 1.29 is 29.9 Å². The van der Waals surface area contributed by atoms with Gasteiger partial charge in [-0.25, -0.2) is 0 Å². The Bertz CT molecular complexity index is 917. The number of fused-ring (bicyclic) bond motifs is 2. The molecule has 11 nitrogen and oxygen atoms in total. The molecule has 0 amide bonds. The molecule has 0 aromatic heterocycles. The molecule has 6 aliphatic heterocycles. The third kappa shape index (κ3) is 5.85. The molecular weight excluding hydrogens is 542 g/mol. The third-order valence-corrected chi connectivity index (χ3v) is 11.3. The van der Waals surface area contributed by atoms with Gasteiger partial charge >= 0.3 is 0 Å². The lowest BCUT2D eigenvalue weighted by Gasteiger charge is -2.38. The number of aliphatic imine (C=N–C) groups is 2. The highest BCUT2D eigenvalue weighted by Gasteiger charge is 2.50. The van der Waals surface area contributed by atoms with E-state index in [1.807, 2.05) is 6.92 Å². The maximum absolute atomic E-state index is 10.4. The van der Waals surface area contributed by atoms with Gasteiger partial charge in [0.25, 0.3) is 0 Å². The smallest absolute Gasteiger partial charge is 0.162 e. The van der Waals surface area contributed by atoms with Gasteiger partial charge in [-0.05, 0) is 32.1 Å². The van der Waals surface area contributed by atoms with Gasteiger partial charge in [0.15, 0.2) is 10.3 Å². The zero-order valence-electron chi connectivity index (χ0n) is 22.5. The molecule has 5 N–H and O–H groups in total.